The molecule has 1 saturated heterocycles. The third kappa shape index (κ3) is 2.71. The van der Waals surface area contributed by atoms with E-state index < -0.39 is 12.1 Å². The quantitative estimate of drug-likeness (QED) is 0.733. The molecule has 1 aliphatic heterocycles. The first kappa shape index (κ1) is 12.5. The van der Waals surface area contributed by atoms with Crippen LogP contribution in [0.15, 0.2) is 0 Å². The summed E-state index contributed by atoms with van der Waals surface area (Å²) in [7, 11) is 1.24. The molecule has 1 N–H and O–H groups in total. The first-order valence-corrected chi connectivity index (χ1v) is 5.10. The molecule has 1 rings (SSSR count). The molecule has 0 spiro atoms. The summed E-state index contributed by atoms with van der Waals surface area (Å²) in [5, 5.41) is 2.45. The van der Waals surface area contributed by atoms with Crippen molar-refractivity contribution in [2.24, 2.45) is 0 Å². The van der Waals surface area contributed by atoms with E-state index in [1.54, 1.807) is 0 Å². The molecule has 0 aromatic carbocycles. The number of methoxy groups -OCH3 is 1. The third-order valence-electron chi connectivity index (χ3n) is 2.56. The molecule has 1 fully saturated rings. The van der Waals surface area contributed by atoms with Crippen LogP contribution in [0.25, 0.3) is 0 Å². The average molecular weight is 228 g/mol. The van der Waals surface area contributed by atoms with Crippen molar-refractivity contribution in [3.05, 3.63) is 0 Å². The highest BCUT2D eigenvalue weighted by Gasteiger charge is 2.38. The molecule has 6 heteroatoms. The minimum atomic E-state index is -0.629. The molecule has 2 atom stereocenters. The molecule has 0 bridgehead atoms. The van der Waals surface area contributed by atoms with E-state index in [2.05, 4.69) is 10.1 Å². The number of likely N-dealkylation sites (tertiary alicyclic amines) is 1. The Bertz CT molecular complexity index is 316. The summed E-state index contributed by atoms with van der Waals surface area (Å²) >= 11 is 0. The zero-order valence-corrected chi connectivity index (χ0v) is 9.65. The fourth-order valence-corrected chi connectivity index (χ4v) is 1.78. The van der Waals surface area contributed by atoms with E-state index in [1.165, 1.54) is 18.9 Å². The number of Topliss-reactive ketones (excluding diaryl/α,β-unsaturated/α-hetero) is 1. The topological polar surface area (TPSA) is 75.7 Å². The van der Waals surface area contributed by atoms with Crippen LogP contribution in [0.4, 0.5) is 4.79 Å². The maximum atomic E-state index is 11.8. The van der Waals surface area contributed by atoms with E-state index in [9.17, 15) is 14.4 Å². The Labute approximate surface area is 93.9 Å². The predicted octanol–water partition coefficient (Wildman–Crippen LogP) is -0.0792. The van der Waals surface area contributed by atoms with Gasteiger partial charge in [0.05, 0.1) is 13.7 Å². The molecule has 0 radical (unpaired) electrons. The van der Waals surface area contributed by atoms with Crippen molar-refractivity contribution < 1.29 is 19.1 Å². The summed E-state index contributed by atoms with van der Waals surface area (Å²) in [6.45, 7) is 3.38. The van der Waals surface area contributed by atoms with Gasteiger partial charge in [-0.1, -0.05) is 0 Å². The largest absolute Gasteiger partial charge is 0.453 e. The van der Waals surface area contributed by atoms with Crippen molar-refractivity contribution in [1.29, 1.82) is 0 Å². The number of hydrogen-bond donors (Lipinski definition) is 1. The lowest BCUT2D eigenvalue weighted by Gasteiger charge is -2.19. The zero-order valence-electron chi connectivity index (χ0n) is 9.65. The van der Waals surface area contributed by atoms with E-state index in [1.807, 2.05) is 6.92 Å². The monoisotopic (exact) mass is 228 g/mol. The second kappa shape index (κ2) is 4.96. The van der Waals surface area contributed by atoms with Gasteiger partial charge in [0.1, 0.15) is 11.8 Å². The lowest BCUT2D eigenvalue weighted by Crippen LogP contribution is -2.43. The van der Waals surface area contributed by atoms with Gasteiger partial charge in [-0.25, -0.2) is 4.79 Å². The standard InChI is InChI=1S/C10H16N2O4/c1-6-4-8(11-10(15)16-3)9(14)12(6)5-7(2)13/h6,8H,4-5H2,1-3H3,(H,11,15). The number of rotatable bonds is 3. The van der Waals surface area contributed by atoms with E-state index in [0.29, 0.717) is 6.42 Å². The Morgan fingerprint density at radius 2 is 2.19 bits per heavy atom. The molecule has 0 aromatic heterocycles. The van der Waals surface area contributed by atoms with Gasteiger partial charge in [-0.3, -0.25) is 9.59 Å². The predicted molar refractivity (Wildman–Crippen MR) is 55.8 cm³/mol. The summed E-state index contributed by atoms with van der Waals surface area (Å²) in [4.78, 5) is 35.2. The summed E-state index contributed by atoms with van der Waals surface area (Å²) in [6.07, 6.45) is -0.128. The number of nitrogens with zero attached hydrogens (tertiary/aromatic N) is 1. The lowest BCUT2D eigenvalue weighted by atomic mass is 10.2. The van der Waals surface area contributed by atoms with Gasteiger partial charge in [-0.2, -0.15) is 0 Å². The molecule has 16 heavy (non-hydrogen) atoms. The minimum Gasteiger partial charge on any atom is -0.453 e. The first-order chi connectivity index (χ1) is 7.45. The van der Waals surface area contributed by atoms with Gasteiger partial charge in [-0.15, -0.1) is 0 Å². The van der Waals surface area contributed by atoms with Crippen molar-refractivity contribution in [3.63, 3.8) is 0 Å². The van der Waals surface area contributed by atoms with Gasteiger partial charge >= 0.3 is 6.09 Å². The van der Waals surface area contributed by atoms with Crippen molar-refractivity contribution in [3.8, 4) is 0 Å². The van der Waals surface area contributed by atoms with Crippen molar-refractivity contribution in [2.75, 3.05) is 13.7 Å². The molecule has 0 aromatic rings. The second-order valence-corrected chi connectivity index (χ2v) is 3.94. The SMILES string of the molecule is COC(=O)NC1CC(C)N(CC(C)=O)C1=O. The number of ether oxygens (including phenoxy) is 1. The number of ketones is 1. The Morgan fingerprint density at radius 3 is 2.69 bits per heavy atom. The van der Waals surface area contributed by atoms with Crippen molar-refractivity contribution >= 4 is 17.8 Å². The van der Waals surface area contributed by atoms with Crippen LogP contribution in [0.2, 0.25) is 0 Å². The van der Waals surface area contributed by atoms with Gasteiger partial charge in [0.15, 0.2) is 0 Å². The highest BCUT2D eigenvalue weighted by atomic mass is 16.5. The van der Waals surface area contributed by atoms with E-state index in [-0.39, 0.29) is 24.3 Å². The molecule has 0 saturated carbocycles. The Kier molecular flexibility index (Phi) is 3.87. The van der Waals surface area contributed by atoms with E-state index >= 15 is 0 Å². The molecule has 2 unspecified atom stereocenters. The fourth-order valence-electron chi connectivity index (χ4n) is 1.78. The third-order valence-corrected chi connectivity index (χ3v) is 2.56. The summed E-state index contributed by atoms with van der Waals surface area (Å²) in [6, 6.07) is -0.625. The van der Waals surface area contributed by atoms with Gasteiger partial charge < -0.3 is 15.0 Å². The van der Waals surface area contributed by atoms with Crippen LogP contribution in [-0.4, -0.2) is 48.4 Å². The number of carbonyl (C=O) groups excluding carboxylic acids is 3. The zero-order chi connectivity index (χ0) is 12.3. The van der Waals surface area contributed by atoms with E-state index in [4.69, 9.17) is 0 Å². The van der Waals surface area contributed by atoms with Crippen LogP contribution in [0, 0.1) is 0 Å². The Morgan fingerprint density at radius 1 is 1.56 bits per heavy atom. The van der Waals surface area contributed by atoms with Crippen LogP contribution >= 0.6 is 0 Å². The summed E-state index contributed by atoms with van der Waals surface area (Å²) < 4.78 is 4.42. The minimum absolute atomic E-state index is 0.0430. The Hall–Kier alpha value is -1.59. The Balaban J connectivity index is 2.63. The molecule has 2 amide bonds. The van der Waals surface area contributed by atoms with Gasteiger partial charge in [0.25, 0.3) is 0 Å². The second-order valence-electron chi connectivity index (χ2n) is 3.94. The van der Waals surface area contributed by atoms with Crippen LogP contribution < -0.4 is 5.32 Å². The van der Waals surface area contributed by atoms with Crippen molar-refractivity contribution in [1.82, 2.24) is 10.2 Å². The average Bonchev–Trinajstić information content (AvgIpc) is 2.45. The number of carbonyl (C=O) groups is 3. The molecule has 0 aliphatic carbocycles. The van der Waals surface area contributed by atoms with Gasteiger partial charge in [-0.05, 0) is 20.3 Å². The normalized spacial score (nSPS) is 24.4. The number of amides is 2. The van der Waals surface area contributed by atoms with Crippen LogP contribution in [-0.2, 0) is 14.3 Å². The van der Waals surface area contributed by atoms with Crippen LogP contribution in [0.1, 0.15) is 20.3 Å². The molecule has 90 valence electrons. The molecule has 6 nitrogen and oxygen atoms in total. The first-order valence-electron chi connectivity index (χ1n) is 5.10. The number of hydrogen-bond acceptors (Lipinski definition) is 4. The molecular weight excluding hydrogens is 212 g/mol. The molecule has 1 aliphatic rings. The van der Waals surface area contributed by atoms with Gasteiger partial charge in [0, 0.05) is 6.04 Å². The fraction of sp³-hybridized carbons (Fsp3) is 0.700. The maximum Gasteiger partial charge on any atom is 0.407 e. The van der Waals surface area contributed by atoms with E-state index in [0.717, 1.165) is 0 Å². The molecular formula is C10H16N2O4. The van der Waals surface area contributed by atoms with Gasteiger partial charge in [0.2, 0.25) is 5.91 Å². The van der Waals surface area contributed by atoms with Crippen LogP contribution in [0.3, 0.4) is 0 Å². The molecule has 1 heterocycles. The highest BCUT2D eigenvalue weighted by molar-refractivity contribution is 5.91. The highest BCUT2D eigenvalue weighted by Crippen LogP contribution is 2.18. The lowest BCUT2D eigenvalue weighted by molar-refractivity contribution is -0.134. The number of alkyl carbamates (subject to hydrolysis) is 1. The van der Waals surface area contributed by atoms with Crippen LogP contribution in [0.5, 0.6) is 0 Å². The summed E-state index contributed by atoms with van der Waals surface area (Å²) in [5.41, 5.74) is 0. The smallest absolute Gasteiger partial charge is 0.407 e. The van der Waals surface area contributed by atoms with Crippen molar-refractivity contribution in [2.45, 2.75) is 32.4 Å². The number of nitrogens with one attached hydrogen (secondary N) is 1. The summed E-state index contributed by atoms with van der Waals surface area (Å²) in [5.74, 6) is -0.299. The maximum absolute atomic E-state index is 11.8.